The number of piperidine rings is 3. The quantitative estimate of drug-likeness (QED) is 0.626. The molecule has 4 heterocycles. The first kappa shape index (κ1) is 19.2. The molecule has 4 nitrogen and oxygen atoms in total. The third-order valence-corrected chi connectivity index (χ3v) is 7.12. The van der Waals surface area contributed by atoms with Crippen molar-refractivity contribution in [3.05, 3.63) is 53.4 Å². The minimum absolute atomic E-state index is 0. The molecule has 1 amide bonds. The average Bonchev–Trinajstić information content (AvgIpc) is 3.13. The number of anilines is 1. The van der Waals surface area contributed by atoms with Crippen LogP contribution in [0.5, 0.6) is 0 Å². The number of nitrogens with two attached hydrogens (primary N) is 1. The van der Waals surface area contributed by atoms with Gasteiger partial charge in [0.15, 0.2) is 0 Å². The fourth-order valence-corrected chi connectivity index (χ4v) is 5.57. The van der Waals surface area contributed by atoms with Gasteiger partial charge in [0.25, 0.3) is 5.91 Å². The number of amides is 1. The van der Waals surface area contributed by atoms with Crippen molar-refractivity contribution in [1.82, 2.24) is 10.2 Å². The van der Waals surface area contributed by atoms with Gasteiger partial charge in [0.1, 0.15) is 0 Å². The van der Waals surface area contributed by atoms with E-state index in [-0.39, 0.29) is 18.3 Å². The van der Waals surface area contributed by atoms with Gasteiger partial charge in [0, 0.05) is 23.0 Å². The SMILES string of the molecule is Cl.Nc1cccc(-c2cccc3cc(C(=O)N[C@H]4CN5CCC4CC5)sc23)c1. The molecule has 146 valence electrons. The molecular weight excluding hydrogens is 390 g/mol. The van der Waals surface area contributed by atoms with Crippen molar-refractivity contribution in [2.24, 2.45) is 5.92 Å². The molecule has 0 unspecified atom stereocenters. The van der Waals surface area contributed by atoms with Crippen LogP contribution in [0.4, 0.5) is 5.69 Å². The molecular formula is C22H24ClN3OS. The summed E-state index contributed by atoms with van der Waals surface area (Å²) in [5.41, 5.74) is 8.93. The normalized spacial score (nSPS) is 23.4. The van der Waals surface area contributed by atoms with Crippen LogP contribution in [0, 0.1) is 5.92 Å². The zero-order valence-corrected chi connectivity index (χ0v) is 17.2. The Morgan fingerprint density at radius 1 is 1.11 bits per heavy atom. The second-order valence-electron chi connectivity index (χ2n) is 7.68. The Morgan fingerprint density at radius 2 is 1.89 bits per heavy atom. The Morgan fingerprint density at radius 3 is 2.61 bits per heavy atom. The fraction of sp³-hybridized carbons (Fsp3) is 0.318. The summed E-state index contributed by atoms with van der Waals surface area (Å²) in [6.45, 7) is 3.36. The lowest BCUT2D eigenvalue weighted by atomic mass is 9.84. The Kier molecular flexibility index (Phi) is 5.32. The van der Waals surface area contributed by atoms with Gasteiger partial charge in [-0.15, -0.1) is 23.7 Å². The van der Waals surface area contributed by atoms with E-state index < -0.39 is 0 Å². The van der Waals surface area contributed by atoms with E-state index in [0.29, 0.717) is 12.0 Å². The molecule has 1 aromatic heterocycles. The molecule has 3 aliphatic heterocycles. The van der Waals surface area contributed by atoms with Crippen LogP contribution in [0.15, 0.2) is 48.5 Å². The number of carbonyl (C=O) groups is 1. The van der Waals surface area contributed by atoms with Crippen molar-refractivity contribution in [1.29, 1.82) is 0 Å². The summed E-state index contributed by atoms with van der Waals surface area (Å²) < 4.78 is 1.14. The van der Waals surface area contributed by atoms with Crippen molar-refractivity contribution in [3.63, 3.8) is 0 Å². The van der Waals surface area contributed by atoms with Crippen molar-refractivity contribution >= 4 is 45.4 Å². The van der Waals surface area contributed by atoms with Gasteiger partial charge in [-0.1, -0.05) is 30.3 Å². The molecule has 0 spiro atoms. The van der Waals surface area contributed by atoms with Crippen LogP contribution in [0.3, 0.4) is 0 Å². The predicted octanol–water partition coefficient (Wildman–Crippen LogP) is 4.40. The Hall–Kier alpha value is -2.08. The Labute approximate surface area is 175 Å². The topological polar surface area (TPSA) is 58.4 Å². The maximum atomic E-state index is 12.9. The minimum atomic E-state index is 0. The van der Waals surface area contributed by atoms with E-state index in [1.807, 2.05) is 30.3 Å². The van der Waals surface area contributed by atoms with Gasteiger partial charge in [-0.3, -0.25) is 4.79 Å². The second kappa shape index (κ2) is 7.74. The molecule has 3 fully saturated rings. The van der Waals surface area contributed by atoms with Crippen LogP contribution in [0.1, 0.15) is 22.5 Å². The van der Waals surface area contributed by atoms with E-state index in [1.165, 1.54) is 25.9 Å². The van der Waals surface area contributed by atoms with E-state index in [9.17, 15) is 4.79 Å². The lowest BCUT2D eigenvalue weighted by molar-refractivity contribution is 0.0622. The van der Waals surface area contributed by atoms with Gasteiger partial charge < -0.3 is 16.0 Å². The van der Waals surface area contributed by atoms with E-state index in [2.05, 4.69) is 28.4 Å². The number of benzene rings is 2. The number of nitrogens with one attached hydrogen (secondary N) is 1. The summed E-state index contributed by atoms with van der Waals surface area (Å²) in [6, 6.07) is 16.4. The number of halogens is 1. The Balaban J connectivity index is 0.00000192. The van der Waals surface area contributed by atoms with E-state index in [4.69, 9.17) is 5.73 Å². The van der Waals surface area contributed by atoms with Crippen molar-refractivity contribution < 1.29 is 4.79 Å². The standard InChI is InChI=1S/C22H23N3OS.ClH/c23-17-5-1-3-15(11-17)18-6-2-4-16-12-20(27-21(16)18)22(26)24-19-13-25-9-7-14(19)8-10-25;/h1-6,11-12,14,19H,7-10,13,23H2,(H,24,26);1H/t19-;/m0./s1. The molecule has 6 heteroatoms. The summed E-state index contributed by atoms with van der Waals surface area (Å²) >= 11 is 1.57. The zero-order valence-electron chi connectivity index (χ0n) is 15.6. The second-order valence-corrected chi connectivity index (χ2v) is 8.73. The van der Waals surface area contributed by atoms with E-state index in [0.717, 1.165) is 38.3 Å². The van der Waals surface area contributed by atoms with Crippen LogP contribution in [0.25, 0.3) is 21.2 Å². The molecule has 0 radical (unpaired) electrons. The van der Waals surface area contributed by atoms with Crippen LogP contribution in [0.2, 0.25) is 0 Å². The molecule has 2 aromatic carbocycles. The van der Waals surface area contributed by atoms with Crippen LogP contribution < -0.4 is 11.1 Å². The summed E-state index contributed by atoms with van der Waals surface area (Å²) in [7, 11) is 0. The third-order valence-electron chi connectivity index (χ3n) is 5.94. The molecule has 3 aromatic rings. The van der Waals surface area contributed by atoms with Gasteiger partial charge >= 0.3 is 0 Å². The fourth-order valence-electron chi connectivity index (χ4n) is 4.48. The molecule has 6 rings (SSSR count). The molecule has 0 saturated carbocycles. The van der Waals surface area contributed by atoms with E-state index in [1.54, 1.807) is 11.3 Å². The first-order valence-electron chi connectivity index (χ1n) is 9.59. The summed E-state index contributed by atoms with van der Waals surface area (Å²) in [6.07, 6.45) is 2.41. The first-order chi connectivity index (χ1) is 13.2. The molecule has 0 aliphatic carbocycles. The number of rotatable bonds is 3. The third kappa shape index (κ3) is 3.50. The number of hydrogen-bond acceptors (Lipinski definition) is 4. The highest BCUT2D eigenvalue weighted by atomic mass is 35.5. The number of nitrogen functional groups attached to an aromatic ring is 1. The maximum Gasteiger partial charge on any atom is 0.261 e. The number of fused-ring (bicyclic) bond motifs is 4. The smallest absolute Gasteiger partial charge is 0.261 e. The van der Waals surface area contributed by atoms with Crippen molar-refractivity contribution in [2.75, 3.05) is 25.4 Å². The summed E-state index contributed by atoms with van der Waals surface area (Å²) in [4.78, 5) is 16.2. The van der Waals surface area contributed by atoms with Gasteiger partial charge in [0.05, 0.1) is 4.88 Å². The Bertz CT molecular complexity index is 1010. The number of thiophene rings is 1. The van der Waals surface area contributed by atoms with Crippen LogP contribution in [-0.2, 0) is 0 Å². The molecule has 1 atom stereocenters. The lowest BCUT2D eigenvalue weighted by Gasteiger charge is -2.44. The molecule has 3 N–H and O–H groups in total. The average molecular weight is 414 g/mol. The largest absolute Gasteiger partial charge is 0.399 e. The number of carbonyl (C=O) groups excluding carboxylic acids is 1. The number of hydrogen-bond donors (Lipinski definition) is 2. The predicted molar refractivity (Wildman–Crippen MR) is 119 cm³/mol. The van der Waals surface area contributed by atoms with Crippen LogP contribution in [-0.4, -0.2) is 36.5 Å². The highest BCUT2D eigenvalue weighted by molar-refractivity contribution is 7.21. The van der Waals surface area contributed by atoms with Crippen molar-refractivity contribution in [2.45, 2.75) is 18.9 Å². The zero-order chi connectivity index (χ0) is 18.4. The molecule has 3 aliphatic rings. The molecule has 28 heavy (non-hydrogen) atoms. The highest BCUT2D eigenvalue weighted by Gasteiger charge is 2.35. The molecule has 3 saturated heterocycles. The van der Waals surface area contributed by atoms with Crippen molar-refractivity contribution in [3.8, 4) is 11.1 Å². The first-order valence-corrected chi connectivity index (χ1v) is 10.4. The maximum absolute atomic E-state index is 12.9. The molecule has 2 bridgehead atoms. The van der Waals surface area contributed by atoms with E-state index >= 15 is 0 Å². The van der Waals surface area contributed by atoms with Gasteiger partial charge in [-0.25, -0.2) is 0 Å². The minimum Gasteiger partial charge on any atom is -0.399 e. The summed E-state index contributed by atoms with van der Waals surface area (Å²) in [5, 5.41) is 4.42. The van der Waals surface area contributed by atoms with Crippen LogP contribution >= 0.6 is 23.7 Å². The lowest BCUT2D eigenvalue weighted by Crippen LogP contribution is -2.57. The van der Waals surface area contributed by atoms with Gasteiger partial charge in [0.2, 0.25) is 0 Å². The highest BCUT2D eigenvalue weighted by Crippen LogP contribution is 2.36. The monoisotopic (exact) mass is 413 g/mol. The van der Waals surface area contributed by atoms with Gasteiger partial charge in [-0.05, 0) is 66.6 Å². The van der Waals surface area contributed by atoms with Gasteiger partial charge in [-0.2, -0.15) is 0 Å². The number of nitrogens with zero attached hydrogens (tertiary/aromatic N) is 1. The summed E-state index contributed by atoms with van der Waals surface area (Å²) in [5.74, 6) is 0.699.